The van der Waals surface area contributed by atoms with E-state index in [2.05, 4.69) is 4.98 Å². The molecule has 0 radical (unpaired) electrons. The highest BCUT2D eigenvalue weighted by Crippen LogP contribution is 2.23. The molecule has 1 heterocycles. The van der Waals surface area contributed by atoms with E-state index >= 15 is 0 Å². The zero-order valence-corrected chi connectivity index (χ0v) is 11.4. The van der Waals surface area contributed by atoms with E-state index < -0.39 is 6.55 Å². The number of benzene rings is 1. The summed E-state index contributed by atoms with van der Waals surface area (Å²) in [7, 11) is 0. The number of alkyl halides is 2. The number of aryl methyl sites for hydroxylation is 1. The monoisotopic (exact) mass is 281 g/mol. The molecule has 2 aromatic rings. The SMILES string of the molecule is Cc1cc([C@H](C)N)ccc1OCc1nccn1C(F)F. The highest BCUT2D eigenvalue weighted by Gasteiger charge is 2.12. The standard InChI is InChI=1S/C14H17F2N3O/c1-9-7-11(10(2)17)3-4-12(9)20-8-13-18-5-6-19(13)14(15)16/h3-7,10,14H,8,17H2,1-2H3/t10-/m0/s1. The summed E-state index contributed by atoms with van der Waals surface area (Å²) >= 11 is 0. The first kappa shape index (κ1) is 14.5. The minimum atomic E-state index is -2.61. The van der Waals surface area contributed by atoms with Crippen molar-refractivity contribution < 1.29 is 13.5 Å². The van der Waals surface area contributed by atoms with Crippen molar-refractivity contribution in [3.63, 3.8) is 0 Å². The van der Waals surface area contributed by atoms with Crippen molar-refractivity contribution in [3.8, 4) is 5.75 Å². The average Bonchev–Trinajstić information content (AvgIpc) is 2.85. The Morgan fingerprint density at radius 1 is 1.40 bits per heavy atom. The molecular formula is C14H17F2N3O. The van der Waals surface area contributed by atoms with Crippen molar-refractivity contribution >= 4 is 0 Å². The zero-order valence-electron chi connectivity index (χ0n) is 11.4. The molecule has 1 aromatic heterocycles. The lowest BCUT2D eigenvalue weighted by Crippen LogP contribution is -2.08. The second-order valence-corrected chi connectivity index (χ2v) is 4.63. The summed E-state index contributed by atoms with van der Waals surface area (Å²) in [5.74, 6) is 0.828. The van der Waals surface area contributed by atoms with Gasteiger partial charge in [-0.05, 0) is 31.0 Å². The molecule has 4 nitrogen and oxygen atoms in total. The molecule has 1 aromatic carbocycles. The largest absolute Gasteiger partial charge is 0.485 e. The lowest BCUT2D eigenvalue weighted by Gasteiger charge is -2.13. The van der Waals surface area contributed by atoms with Gasteiger partial charge in [-0.15, -0.1) is 0 Å². The predicted molar refractivity (Wildman–Crippen MR) is 71.6 cm³/mol. The van der Waals surface area contributed by atoms with Crippen LogP contribution in [0.4, 0.5) is 8.78 Å². The van der Waals surface area contributed by atoms with Gasteiger partial charge in [0, 0.05) is 18.4 Å². The van der Waals surface area contributed by atoms with Gasteiger partial charge in [0.05, 0.1) is 0 Å². The highest BCUT2D eigenvalue weighted by atomic mass is 19.3. The van der Waals surface area contributed by atoms with Gasteiger partial charge < -0.3 is 10.5 Å². The van der Waals surface area contributed by atoms with E-state index in [-0.39, 0.29) is 18.5 Å². The molecule has 0 aliphatic heterocycles. The molecule has 20 heavy (non-hydrogen) atoms. The first-order chi connectivity index (χ1) is 9.49. The fraction of sp³-hybridized carbons (Fsp3) is 0.357. The molecule has 0 aliphatic rings. The fourth-order valence-corrected chi connectivity index (χ4v) is 1.89. The Kier molecular flexibility index (Phi) is 4.34. The molecule has 0 amide bonds. The number of rotatable bonds is 5. The van der Waals surface area contributed by atoms with Crippen LogP contribution in [0, 0.1) is 6.92 Å². The van der Waals surface area contributed by atoms with Crippen LogP contribution in [-0.2, 0) is 6.61 Å². The Morgan fingerprint density at radius 2 is 2.15 bits per heavy atom. The first-order valence-electron chi connectivity index (χ1n) is 6.28. The van der Waals surface area contributed by atoms with Gasteiger partial charge in [0.15, 0.2) is 5.82 Å². The molecule has 0 spiro atoms. The summed E-state index contributed by atoms with van der Waals surface area (Å²) in [6, 6.07) is 5.54. The van der Waals surface area contributed by atoms with Crippen LogP contribution < -0.4 is 10.5 Å². The van der Waals surface area contributed by atoms with E-state index in [9.17, 15) is 8.78 Å². The number of hydrogen-bond donors (Lipinski definition) is 1. The first-order valence-corrected chi connectivity index (χ1v) is 6.28. The number of imidazole rings is 1. The normalized spacial score (nSPS) is 12.7. The third kappa shape index (κ3) is 3.14. The summed E-state index contributed by atoms with van der Waals surface area (Å²) in [6.45, 7) is 1.17. The van der Waals surface area contributed by atoms with E-state index in [0.29, 0.717) is 5.75 Å². The van der Waals surface area contributed by atoms with Crippen LogP contribution in [0.1, 0.15) is 36.5 Å². The molecule has 0 unspecified atom stereocenters. The van der Waals surface area contributed by atoms with Gasteiger partial charge in [-0.25, -0.2) is 4.98 Å². The minimum absolute atomic E-state index is 0.00426. The van der Waals surface area contributed by atoms with Crippen LogP contribution in [0.25, 0.3) is 0 Å². The minimum Gasteiger partial charge on any atom is -0.485 e. The number of nitrogens with two attached hydrogens (primary N) is 1. The van der Waals surface area contributed by atoms with Crippen LogP contribution in [-0.4, -0.2) is 9.55 Å². The summed E-state index contributed by atoms with van der Waals surface area (Å²) in [5, 5.41) is 0. The Bertz CT molecular complexity index is 582. The maximum absolute atomic E-state index is 12.7. The molecule has 0 fully saturated rings. The average molecular weight is 281 g/mol. The van der Waals surface area contributed by atoms with Crippen molar-refractivity contribution in [3.05, 3.63) is 47.5 Å². The van der Waals surface area contributed by atoms with Gasteiger partial charge >= 0.3 is 6.55 Å². The van der Waals surface area contributed by atoms with Crippen LogP contribution in [0.5, 0.6) is 5.75 Å². The summed E-state index contributed by atoms with van der Waals surface area (Å²) in [6.07, 6.45) is 2.56. The molecule has 2 N–H and O–H groups in total. The fourth-order valence-electron chi connectivity index (χ4n) is 1.89. The smallest absolute Gasteiger partial charge is 0.320 e. The van der Waals surface area contributed by atoms with E-state index in [1.165, 1.54) is 12.4 Å². The van der Waals surface area contributed by atoms with Crippen molar-refractivity contribution in [1.29, 1.82) is 0 Å². The Hall–Kier alpha value is -1.95. The van der Waals surface area contributed by atoms with Crippen LogP contribution >= 0.6 is 0 Å². The molecule has 2 rings (SSSR count). The second-order valence-electron chi connectivity index (χ2n) is 4.63. The van der Waals surface area contributed by atoms with Crippen molar-refractivity contribution in [2.24, 2.45) is 5.73 Å². The molecule has 6 heteroatoms. The quantitative estimate of drug-likeness (QED) is 0.915. The van der Waals surface area contributed by atoms with Gasteiger partial charge in [-0.3, -0.25) is 4.57 Å². The van der Waals surface area contributed by atoms with Gasteiger partial charge in [0.2, 0.25) is 0 Å². The van der Waals surface area contributed by atoms with E-state index in [4.69, 9.17) is 10.5 Å². The Labute approximate surface area is 116 Å². The van der Waals surface area contributed by atoms with E-state index in [0.717, 1.165) is 15.7 Å². The van der Waals surface area contributed by atoms with Crippen LogP contribution in [0.2, 0.25) is 0 Å². The molecule has 108 valence electrons. The molecule has 0 aliphatic carbocycles. The lowest BCUT2D eigenvalue weighted by molar-refractivity contribution is 0.0632. The van der Waals surface area contributed by atoms with Gasteiger partial charge in [0.25, 0.3) is 0 Å². The maximum atomic E-state index is 12.7. The zero-order chi connectivity index (χ0) is 14.7. The lowest BCUT2D eigenvalue weighted by atomic mass is 10.1. The number of nitrogens with zero attached hydrogens (tertiary/aromatic N) is 2. The van der Waals surface area contributed by atoms with Gasteiger partial charge in [-0.1, -0.05) is 12.1 Å². The Balaban J connectivity index is 2.09. The third-order valence-electron chi connectivity index (χ3n) is 3.04. The second kappa shape index (κ2) is 6.00. The van der Waals surface area contributed by atoms with Gasteiger partial charge in [-0.2, -0.15) is 8.78 Å². The molecule has 0 bridgehead atoms. The Morgan fingerprint density at radius 3 is 2.75 bits per heavy atom. The van der Waals surface area contributed by atoms with Gasteiger partial charge in [0.1, 0.15) is 12.4 Å². The molecule has 0 saturated carbocycles. The van der Waals surface area contributed by atoms with Crippen molar-refractivity contribution in [2.75, 3.05) is 0 Å². The predicted octanol–water partition coefficient (Wildman–Crippen LogP) is 3.19. The molecule has 0 saturated heterocycles. The summed E-state index contributed by atoms with van der Waals surface area (Å²) < 4.78 is 31.7. The third-order valence-corrected chi connectivity index (χ3v) is 3.04. The maximum Gasteiger partial charge on any atom is 0.320 e. The highest BCUT2D eigenvalue weighted by molar-refractivity contribution is 5.37. The number of halogens is 2. The molecule has 1 atom stereocenters. The molecular weight excluding hydrogens is 264 g/mol. The van der Waals surface area contributed by atoms with E-state index in [1.807, 2.05) is 26.0 Å². The van der Waals surface area contributed by atoms with Crippen LogP contribution in [0.3, 0.4) is 0 Å². The van der Waals surface area contributed by atoms with Crippen LogP contribution in [0.15, 0.2) is 30.6 Å². The number of aromatic nitrogens is 2. The summed E-state index contributed by atoms with van der Waals surface area (Å²) in [5.41, 5.74) is 7.72. The number of hydrogen-bond acceptors (Lipinski definition) is 3. The number of ether oxygens (including phenoxy) is 1. The van der Waals surface area contributed by atoms with E-state index in [1.54, 1.807) is 6.07 Å². The topological polar surface area (TPSA) is 53.1 Å². The van der Waals surface area contributed by atoms with Crippen molar-refractivity contribution in [2.45, 2.75) is 33.0 Å². The van der Waals surface area contributed by atoms with Crippen molar-refractivity contribution in [1.82, 2.24) is 9.55 Å². The summed E-state index contributed by atoms with van der Waals surface area (Å²) in [4.78, 5) is 3.87.